The Morgan fingerprint density at radius 3 is 2.05 bits per heavy atom. The molecular weight excluding hydrogens is 498 g/mol. The van der Waals surface area contributed by atoms with E-state index in [1.165, 1.54) is 42.5 Å². The minimum Gasteiger partial charge on any atom is -0.457 e. The molecular formula is C27H16F6N2O2. The summed E-state index contributed by atoms with van der Waals surface area (Å²) in [5, 5.41) is 9.31. The Labute approximate surface area is 206 Å². The zero-order valence-corrected chi connectivity index (χ0v) is 18.8. The van der Waals surface area contributed by atoms with E-state index >= 15 is 0 Å². The van der Waals surface area contributed by atoms with Gasteiger partial charge < -0.3 is 9.30 Å². The van der Waals surface area contributed by atoms with Gasteiger partial charge in [-0.15, -0.1) is 0 Å². The third kappa shape index (κ3) is 5.67. The van der Waals surface area contributed by atoms with Crippen LogP contribution in [0.25, 0.3) is 11.3 Å². The molecule has 0 unspecified atom stereocenters. The molecule has 0 aliphatic rings. The monoisotopic (exact) mass is 514 g/mol. The van der Waals surface area contributed by atoms with E-state index in [2.05, 4.69) is 0 Å². The van der Waals surface area contributed by atoms with Crippen LogP contribution < -0.4 is 10.3 Å². The number of aromatic nitrogens is 1. The molecule has 0 bridgehead atoms. The Bertz CT molecular complexity index is 1520. The fraction of sp³-hybridized carbons (Fsp3) is 0.111. The quantitative estimate of drug-likeness (QED) is 0.263. The Morgan fingerprint density at radius 2 is 1.46 bits per heavy atom. The third-order valence-corrected chi connectivity index (χ3v) is 5.45. The van der Waals surface area contributed by atoms with Gasteiger partial charge in [0.05, 0.1) is 23.4 Å². The minimum atomic E-state index is -4.95. The molecule has 0 saturated carbocycles. The maximum Gasteiger partial charge on any atom is 0.417 e. The second-order valence-corrected chi connectivity index (χ2v) is 7.96. The van der Waals surface area contributed by atoms with E-state index in [1.807, 2.05) is 0 Å². The molecule has 0 saturated heterocycles. The average Bonchev–Trinajstić information content (AvgIpc) is 2.85. The predicted octanol–water partition coefficient (Wildman–Crippen LogP) is 7.27. The topological polar surface area (TPSA) is 55.0 Å². The lowest BCUT2D eigenvalue weighted by molar-refractivity contribution is -0.138. The number of pyridine rings is 1. The molecule has 4 nitrogen and oxygen atoms in total. The highest BCUT2D eigenvalue weighted by Gasteiger charge is 2.36. The van der Waals surface area contributed by atoms with Crippen LogP contribution in [0.3, 0.4) is 0 Å². The molecule has 0 amide bonds. The van der Waals surface area contributed by atoms with Gasteiger partial charge in [-0.3, -0.25) is 4.79 Å². The van der Waals surface area contributed by atoms with Gasteiger partial charge in [0.15, 0.2) is 0 Å². The van der Waals surface area contributed by atoms with Gasteiger partial charge in [0.1, 0.15) is 23.1 Å². The van der Waals surface area contributed by atoms with E-state index in [-0.39, 0.29) is 29.3 Å². The zero-order chi connectivity index (χ0) is 26.8. The van der Waals surface area contributed by atoms with Crippen LogP contribution in [0, 0.1) is 11.3 Å². The van der Waals surface area contributed by atoms with Crippen LogP contribution in [-0.4, -0.2) is 4.57 Å². The van der Waals surface area contributed by atoms with E-state index in [1.54, 1.807) is 30.3 Å². The van der Waals surface area contributed by atoms with Gasteiger partial charge in [0, 0.05) is 0 Å². The summed E-state index contributed by atoms with van der Waals surface area (Å²) in [4.78, 5) is 13.0. The highest BCUT2D eigenvalue weighted by Crippen LogP contribution is 2.35. The Hall–Kier alpha value is -4.52. The van der Waals surface area contributed by atoms with E-state index in [4.69, 9.17) is 4.74 Å². The number of halogens is 6. The lowest BCUT2D eigenvalue weighted by atomic mass is 10.0. The second-order valence-electron chi connectivity index (χ2n) is 7.96. The standard InChI is InChI=1S/C27H16F6N2O2/c28-26(29,30)19-7-4-8-21(13-19)37-20-11-9-18(10-12-20)24-14-23(27(31,32)33)22(15-34)25(36)35(24)16-17-5-2-1-3-6-17/h1-14H,16H2. The molecule has 37 heavy (non-hydrogen) atoms. The number of rotatable bonds is 5. The molecule has 10 heteroatoms. The Kier molecular flexibility index (Phi) is 6.81. The molecule has 0 aliphatic carbocycles. The number of nitrogens with zero attached hydrogens (tertiary/aromatic N) is 2. The fourth-order valence-electron chi connectivity index (χ4n) is 3.71. The highest BCUT2D eigenvalue weighted by molar-refractivity contribution is 5.63. The summed E-state index contributed by atoms with van der Waals surface area (Å²) in [6, 6.07) is 20.3. The van der Waals surface area contributed by atoms with Gasteiger partial charge in [-0.2, -0.15) is 31.6 Å². The van der Waals surface area contributed by atoms with Crippen LogP contribution in [-0.2, 0) is 18.9 Å². The van der Waals surface area contributed by atoms with E-state index in [0.29, 0.717) is 5.56 Å². The van der Waals surface area contributed by atoms with Crippen LogP contribution >= 0.6 is 0 Å². The zero-order valence-electron chi connectivity index (χ0n) is 18.8. The predicted molar refractivity (Wildman–Crippen MR) is 123 cm³/mol. The number of ether oxygens (including phenoxy) is 1. The summed E-state index contributed by atoms with van der Waals surface area (Å²) < 4.78 is 86.5. The first kappa shape index (κ1) is 25.6. The van der Waals surface area contributed by atoms with Crippen LogP contribution in [0.5, 0.6) is 11.5 Å². The van der Waals surface area contributed by atoms with Gasteiger partial charge in [0.25, 0.3) is 5.56 Å². The van der Waals surface area contributed by atoms with Crippen molar-refractivity contribution >= 4 is 0 Å². The molecule has 0 N–H and O–H groups in total. The molecule has 3 aromatic carbocycles. The van der Waals surface area contributed by atoms with Crippen molar-refractivity contribution in [2.75, 3.05) is 0 Å². The van der Waals surface area contributed by atoms with Gasteiger partial charge >= 0.3 is 12.4 Å². The van der Waals surface area contributed by atoms with Crippen molar-refractivity contribution in [1.82, 2.24) is 4.57 Å². The van der Waals surface area contributed by atoms with Crippen molar-refractivity contribution in [3.8, 4) is 28.8 Å². The summed E-state index contributed by atoms with van der Waals surface area (Å²) in [7, 11) is 0. The van der Waals surface area contributed by atoms with Crippen molar-refractivity contribution in [3.05, 3.63) is 118 Å². The lowest BCUT2D eigenvalue weighted by Crippen LogP contribution is -2.28. The summed E-state index contributed by atoms with van der Waals surface area (Å²) in [6.45, 7) is -0.0929. The molecule has 0 atom stereocenters. The van der Waals surface area contributed by atoms with Crippen LogP contribution in [0.4, 0.5) is 26.3 Å². The van der Waals surface area contributed by atoms with Crippen molar-refractivity contribution in [2.24, 2.45) is 0 Å². The molecule has 4 rings (SSSR count). The van der Waals surface area contributed by atoms with Crippen molar-refractivity contribution in [1.29, 1.82) is 5.26 Å². The fourth-order valence-corrected chi connectivity index (χ4v) is 3.71. The maximum absolute atomic E-state index is 13.7. The third-order valence-electron chi connectivity index (χ3n) is 5.45. The number of hydrogen-bond donors (Lipinski definition) is 0. The Balaban J connectivity index is 1.77. The molecule has 0 fully saturated rings. The minimum absolute atomic E-state index is 0.0821. The van der Waals surface area contributed by atoms with Gasteiger partial charge in [-0.25, -0.2) is 0 Å². The van der Waals surface area contributed by atoms with Crippen LogP contribution in [0.15, 0.2) is 89.7 Å². The van der Waals surface area contributed by atoms with Crippen LogP contribution in [0.2, 0.25) is 0 Å². The number of benzene rings is 3. The first-order chi connectivity index (χ1) is 17.5. The number of nitriles is 1. The van der Waals surface area contributed by atoms with Crippen molar-refractivity contribution in [2.45, 2.75) is 18.9 Å². The summed E-state index contributed by atoms with van der Waals surface area (Å²) in [5.74, 6) is 0.0472. The normalized spacial score (nSPS) is 11.7. The smallest absolute Gasteiger partial charge is 0.417 e. The lowest BCUT2D eigenvalue weighted by Gasteiger charge is -2.18. The highest BCUT2D eigenvalue weighted by atomic mass is 19.4. The maximum atomic E-state index is 13.7. The average molecular weight is 514 g/mol. The Morgan fingerprint density at radius 1 is 0.784 bits per heavy atom. The summed E-state index contributed by atoms with van der Waals surface area (Å²) >= 11 is 0. The second kappa shape index (κ2) is 9.85. The van der Waals surface area contributed by atoms with Crippen molar-refractivity contribution in [3.63, 3.8) is 0 Å². The van der Waals surface area contributed by atoms with E-state index in [9.17, 15) is 36.4 Å². The van der Waals surface area contributed by atoms with E-state index in [0.717, 1.165) is 22.8 Å². The van der Waals surface area contributed by atoms with Crippen LogP contribution in [0.1, 0.15) is 22.3 Å². The number of hydrogen-bond acceptors (Lipinski definition) is 3. The first-order valence-corrected chi connectivity index (χ1v) is 10.7. The van der Waals surface area contributed by atoms with Gasteiger partial charge in [-0.05, 0) is 59.7 Å². The largest absolute Gasteiger partial charge is 0.457 e. The van der Waals surface area contributed by atoms with E-state index < -0.39 is 34.6 Å². The molecule has 4 aromatic rings. The molecule has 188 valence electrons. The summed E-state index contributed by atoms with van der Waals surface area (Å²) in [6.07, 6.45) is -9.51. The SMILES string of the molecule is N#Cc1c(C(F)(F)F)cc(-c2ccc(Oc3cccc(C(F)(F)F)c3)cc2)n(Cc2ccccc2)c1=O. The molecule has 0 radical (unpaired) electrons. The van der Waals surface area contributed by atoms with Gasteiger partial charge in [-0.1, -0.05) is 36.4 Å². The van der Waals surface area contributed by atoms with Crippen molar-refractivity contribution < 1.29 is 31.1 Å². The molecule has 0 spiro atoms. The number of alkyl halides is 6. The molecule has 1 heterocycles. The van der Waals surface area contributed by atoms with Gasteiger partial charge in [0.2, 0.25) is 0 Å². The molecule has 0 aliphatic heterocycles. The first-order valence-electron chi connectivity index (χ1n) is 10.7. The summed E-state index contributed by atoms with van der Waals surface area (Å²) in [5.41, 5.74) is -3.63. The molecule has 1 aromatic heterocycles.